The van der Waals surface area contributed by atoms with Gasteiger partial charge in [-0.25, -0.2) is 13.4 Å². The summed E-state index contributed by atoms with van der Waals surface area (Å²) >= 11 is 0. The summed E-state index contributed by atoms with van der Waals surface area (Å²) in [5.41, 5.74) is 7.49. The molecule has 1 saturated heterocycles. The van der Waals surface area contributed by atoms with Crippen molar-refractivity contribution >= 4 is 15.7 Å². The molecule has 8 heteroatoms. The first-order chi connectivity index (χ1) is 13.8. The van der Waals surface area contributed by atoms with Crippen molar-refractivity contribution in [2.45, 2.75) is 56.6 Å². The van der Waals surface area contributed by atoms with Gasteiger partial charge in [0.2, 0.25) is 20.9 Å². The van der Waals surface area contributed by atoms with E-state index in [2.05, 4.69) is 9.88 Å². The number of carbonyl (C=O) groups is 1. The molecule has 0 saturated carbocycles. The van der Waals surface area contributed by atoms with Crippen LogP contribution in [-0.4, -0.2) is 47.1 Å². The van der Waals surface area contributed by atoms with Crippen LogP contribution in [0.4, 0.5) is 0 Å². The van der Waals surface area contributed by atoms with Gasteiger partial charge < -0.3 is 10.3 Å². The van der Waals surface area contributed by atoms with Crippen molar-refractivity contribution in [1.82, 2.24) is 14.5 Å². The highest BCUT2D eigenvalue weighted by atomic mass is 32.2. The van der Waals surface area contributed by atoms with Crippen LogP contribution < -0.4 is 5.73 Å². The van der Waals surface area contributed by atoms with Gasteiger partial charge in [-0.05, 0) is 45.2 Å². The summed E-state index contributed by atoms with van der Waals surface area (Å²) in [6.45, 7) is 5.90. The van der Waals surface area contributed by atoms with E-state index >= 15 is 0 Å². The first-order valence-corrected chi connectivity index (χ1v) is 11.7. The number of primary amides is 1. The molecule has 3 rings (SSSR count). The third-order valence-electron chi connectivity index (χ3n) is 5.54. The second-order valence-electron chi connectivity index (χ2n) is 7.99. The highest BCUT2D eigenvalue weighted by Crippen LogP contribution is 2.22. The maximum absolute atomic E-state index is 12.9. The molecule has 1 unspecified atom stereocenters. The van der Waals surface area contributed by atoms with Gasteiger partial charge in [-0.3, -0.25) is 9.69 Å². The Hall–Kier alpha value is -2.19. The molecule has 1 aliphatic heterocycles. The summed E-state index contributed by atoms with van der Waals surface area (Å²) in [4.78, 5) is 18.1. The third-order valence-corrected chi connectivity index (χ3v) is 7.61. The number of nitrogens with two attached hydrogens (primary N) is 1. The molecular weight excluding hydrogens is 388 g/mol. The first kappa shape index (κ1) is 21.5. The SMILES string of the molecule is CC(C)S(=O)(=O)c1ncc(CN2CCCC(C(N)=O)C2)n1CCc1ccccc1. The summed E-state index contributed by atoms with van der Waals surface area (Å²) in [7, 11) is -3.50. The number of hydrogen-bond donors (Lipinski definition) is 1. The summed E-state index contributed by atoms with van der Waals surface area (Å²) < 4.78 is 27.5. The minimum Gasteiger partial charge on any atom is -0.369 e. The standard InChI is InChI=1S/C21H30N4O3S/c1-16(2)29(27,28)21-23-13-19(15-24-11-6-9-18(14-24)20(22)26)25(21)12-10-17-7-4-3-5-8-17/h3-5,7-8,13,16,18H,6,9-12,14-15H2,1-2H3,(H2,22,26). The number of rotatable bonds is 8. The molecule has 1 fully saturated rings. The number of carbonyl (C=O) groups excluding carboxylic acids is 1. The lowest BCUT2D eigenvalue weighted by molar-refractivity contribution is -0.123. The third kappa shape index (κ3) is 5.05. The lowest BCUT2D eigenvalue weighted by Crippen LogP contribution is -2.41. The summed E-state index contributed by atoms with van der Waals surface area (Å²) in [5, 5.41) is -0.413. The molecule has 2 heterocycles. The van der Waals surface area contributed by atoms with Gasteiger partial charge in [-0.1, -0.05) is 30.3 Å². The van der Waals surface area contributed by atoms with E-state index < -0.39 is 15.1 Å². The topological polar surface area (TPSA) is 98.3 Å². The van der Waals surface area contributed by atoms with Gasteiger partial charge in [0.1, 0.15) is 0 Å². The quantitative estimate of drug-likeness (QED) is 0.707. The number of nitrogens with zero attached hydrogens (tertiary/aromatic N) is 3. The normalized spacial score (nSPS) is 18.2. The highest BCUT2D eigenvalue weighted by molar-refractivity contribution is 7.91. The minimum atomic E-state index is -3.50. The van der Waals surface area contributed by atoms with Crippen molar-refractivity contribution in [2.24, 2.45) is 11.7 Å². The van der Waals surface area contributed by atoms with Crippen molar-refractivity contribution in [3.05, 3.63) is 47.8 Å². The summed E-state index contributed by atoms with van der Waals surface area (Å²) in [6.07, 6.45) is 4.10. The molecule has 0 spiro atoms. The Labute approximate surface area is 172 Å². The smallest absolute Gasteiger partial charge is 0.228 e. The number of piperidine rings is 1. The van der Waals surface area contributed by atoms with Gasteiger partial charge in [-0.15, -0.1) is 0 Å². The molecule has 1 aromatic heterocycles. The molecule has 0 aliphatic carbocycles. The number of imidazole rings is 1. The first-order valence-electron chi connectivity index (χ1n) is 10.1. The second-order valence-corrected chi connectivity index (χ2v) is 10.4. The molecule has 158 valence electrons. The number of hydrogen-bond acceptors (Lipinski definition) is 5. The van der Waals surface area contributed by atoms with Crippen LogP contribution in [-0.2, 0) is 34.1 Å². The average Bonchev–Trinajstić information content (AvgIpc) is 3.10. The van der Waals surface area contributed by atoms with Crippen molar-refractivity contribution in [1.29, 1.82) is 0 Å². The van der Waals surface area contributed by atoms with E-state index in [9.17, 15) is 13.2 Å². The van der Waals surface area contributed by atoms with E-state index in [-0.39, 0.29) is 17.0 Å². The van der Waals surface area contributed by atoms with Crippen molar-refractivity contribution in [3.63, 3.8) is 0 Å². The van der Waals surface area contributed by atoms with Crippen LogP contribution in [0.15, 0.2) is 41.7 Å². The molecule has 7 nitrogen and oxygen atoms in total. The molecule has 0 radical (unpaired) electrons. The fraction of sp³-hybridized carbons (Fsp3) is 0.524. The van der Waals surface area contributed by atoms with Crippen LogP contribution in [0.1, 0.15) is 37.9 Å². The van der Waals surface area contributed by atoms with Crippen LogP contribution in [0.2, 0.25) is 0 Å². The zero-order valence-corrected chi connectivity index (χ0v) is 17.9. The van der Waals surface area contributed by atoms with E-state index in [0.29, 0.717) is 26.1 Å². The maximum atomic E-state index is 12.9. The lowest BCUT2D eigenvalue weighted by Gasteiger charge is -2.31. The van der Waals surface area contributed by atoms with Crippen LogP contribution in [0.3, 0.4) is 0 Å². The van der Waals surface area contributed by atoms with Gasteiger partial charge >= 0.3 is 0 Å². The number of likely N-dealkylation sites (tertiary alicyclic amines) is 1. The molecule has 29 heavy (non-hydrogen) atoms. The van der Waals surface area contributed by atoms with E-state index in [1.807, 2.05) is 34.9 Å². The van der Waals surface area contributed by atoms with Gasteiger partial charge in [-0.2, -0.15) is 0 Å². The van der Waals surface area contributed by atoms with Crippen LogP contribution in [0.5, 0.6) is 0 Å². The van der Waals surface area contributed by atoms with Gasteiger partial charge in [0.25, 0.3) is 0 Å². The molecule has 1 aliphatic rings. The van der Waals surface area contributed by atoms with Gasteiger partial charge in [0.05, 0.1) is 23.1 Å². The van der Waals surface area contributed by atoms with E-state index in [4.69, 9.17) is 5.73 Å². The Morgan fingerprint density at radius 3 is 2.66 bits per heavy atom. The predicted octanol–water partition coefficient (Wildman–Crippen LogP) is 2.01. The Morgan fingerprint density at radius 1 is 1.28 bits per heavy atom. The molecule has 2 N–H and O–H groups in total. The molecule has 1 aromatic carbocycles. The molecule has 2 aromatic rings. The number of amides is 1. The number of aromatic nitrogens is 2. The number of sulfone groups is 1. The summed E-state index contributed by atoms with van der Waals surface area (Å²) in [6, 6.07) is 10.00. The van der Waals surface area contributed by atoms with E-state index in [1.165, 1.54) is 0 Å². The predicted molar refractivity (Wildman–Crippen MR) is 112 cm³/mol. The number of aryl methyl sites for hydroxylation is 1. The molecular formula is C21H30N4O3S. The zero-order valence-electron chi connectivity index (χ0n) is 17.1. The average molecular weight is 419 g/mol. The van der Waals surface area contributed by atoms with Crippen molar-refractivity contribution < 1.29 is 13.2 Å². The molecule has 1 atom stereocenters. The largest absolute Gasteiger partial charge is 0.369 e. The van der Waals surface area contributed by atoms with Gasteiger partial charge in [0.15, 0.2) is 0 Å². The highest BCUT2D eigenvalue weighted by Gasteiger charge is 2.29. The minimum absolute atomic E-state index is 0.127. The zero-order chi connectivity index (χ0) is 21.0. The van der Waals surface area contributed by atoms with Crippen molar-refractivity contribution in [3.8, 4) is 0 Å². The monoisotopic (exact) mass is 418 g/mol. The fourth-order valence-corrected chi connectivity index (χ4v) is 4.88. The maximum Gasteiger partial charge on any atom is 0.228 e. The van der Waals surface area contributed by atoms with E-state index in [0.717, 1.165) is 30.6 Å². The second kappa shape index (κ2) is 9.09. The van der Waals surface area contributed by atoms with E-state index in [1.54, 1.807) is 20.0 Å². The molecule has 0 bridgehead atoms. The molecule has 1 amide bonds. The Kier molecular flexibility index (Phi) is 6.74. The van der Waals surface area contributed by atoms with Crippen LogP contribution >= 0.6 is 0 Å². The van der Waals surface area contributed by atoms with Crippen LogP contribution in [0.25, 0.3) is 0 Å². The Balaban J connectivity index is 1.86. The number of benzene rings is 1. The lowest BCUT2D eigenvalue weighted by atomic mass is 9.97. The van der Waals surface area contributed by atoms with Gasteiger partial charge in [0, 0.05) is 19.6 Å². The fourth-order valence-electron chi connectivity index (χ4n) is 3.74. The Bertz CT molecular complexity index is 938. The van der Waals surface area contributed by atoms with Crippen molar-refractivity contribution in [2.75, 3.05) is 13.1 Å². The summed E-state index contributed by atoms with van der Waals surface area (Å²) in [5.74, 6) is -0.418. The van der Waals surface area contributed by atoms with Crippen LogP contribution in [0, 0.1) is 5.92 Å². The Morgan fingerprint density at radius 2 is 2.00 bits per heavy atom.